The van der Waals surface area contributed by atoms with Crippen LogP contribution in [0.5, 0.6) is 0 Å². The van der Waals surface area contributed by atoms with Gasteiger partial charge in [-0.15, -0.1) is 0 Å². The molecule has 0 unspecified atom stereocenters. The van der Waals surface area contributed by atoms with Crippen LogP contribution in [-0.4, -0.2) is 38.1 Å². The molecule has 2 aromatic rings. The summed E-state index contributed by atoms with van der Waals surface area (Å²) in [5.74, 6) is -0.248. The summed E-state index contributed by atoms with van der Waals surface area (Å²) in [6.07, 6.45) is -0.188. The zero-order valence-electron chi connectivity index (χ0n) is 11.6. The Morgan fingerprint density at radius 2 is 2.33 bits per heavy atom. The van der Waals surface area contributed by atoms with E-state index in [4.69, 9.17) is 22.1 Å². The standard InChI is InChI=1S/C13H16ClFN4O2/c1-6-9(4-20)21-11(13(6,2)15)8-3-7(14)10-12(16)17-5-18-19(8)10/h3,5-6,9,11,20H,4H2,1-2H3,(H2,16,17,18)/t6-,9-,11+,13-/m1/s1. The molecule has 3 heterocycles. The number of aliphatic hydroxyl groups excluding tert-OH is 1. The van der Waals surface area contributed by atoms with E-state index in [2.05, 4.69) is 10.1 Å². The highest BCUT2D eigenvalue weighted by Crippen LogP contribution is 2.48. The molecule has 0 saturated carbocycles. The van der Waals surface area contributed by atoms with Gasteiger partial charge in [-0.1, -0.05) is 18.5 Å². The van der Waals surface area contributed by atoms with E-state index >= 15 is 4.39 Å². The fourth-order valence-corrected chi connectivity index (χ4v) is 3.11. The number of ether oxygens (including phenoxy) is 1. The highest BCUT2D eigenvalue weighted by Gasteiger charge is 2.53. The molecule has 1 saturated heterocycles. The van der Waals surface area contributed by atoms with Crippen molar-refractivity contribution in [1.82, 2.24) is 14.6 Å². The van der Waals surface area contributed by atoms with Crippen LogP contribution in [0.3, 0.4) is 0 Å². The summed E-state index contributed by atoms with van der Waals surface area (Å²) in [6, 6.07) is 1.58. The molecule has 0 aromatic carbocycles. The highest BCUT2D eigenvalue weighted by atomic mass is 35.5. The third-order valence-electron chi connectivity index (χ3n) is 4.28. The molecule has 21 heavy (non-hydrogen) atoms. The van der Waals surface area contributed by atoms with Gasteiger partial charge in [0, 0.05) is 5.92 Å². The first-order valence-corrected chi connectivity index (χ1v) is 6.98. The van der Waals surface area contributed by atoms with Gasteiger partial charge in [0.2, 0.25) is 0 Å². The maximum Gasteiger partial charge on any atom is 0.152 e. The van der Waals surface area contributed by atoms with Gasteiger partial charge in [-0.05, 0) is 13.0 Å². The number of nitrogen functional groups attached to an aromatic ring is 1. The van der Waals surface area contributed by atoms with Gasteiger partial charge in [-0.25, -0.2) is 13.9 Å². The van der Waals surface area contributed by atoms with Gasteiger partial charge in [0.1, 0.15) is 23.6 Å². The number of hydrogen-bond acceptors (Lipinski definition) is 5. The van der Waals surface area contributed by atoms with Gasteiger partial charge >= 0.3 is 0 Å². The van der Waals surface area contributed by atoms with Crippen LogP contribution in [0.15, 0.2) is 12.4 Å². The van der Waals surface area contributed by atoms with Gasteiger partial charge in [0.25, 0.3) is 0 Å². The van der Waals surface area contributed by atoms with E-state index in [0.29, 0.717) is 16.2 Å². The summed E-state index contributed by atoms with van der Waals surface area (Å²) in [5, 5.41) is 13.7. The molecule has 0 radical (unpaired) electrons. The van der Waals surface area contributed by atoms with Crippen molar-refractivity contribution in [1.29, 1.82) is 0 Å². The average Bonchev–Trinajstić information content (AvgIpc) is 2.87. The van der Waals surface area contributed by atoms with E-state index in [1.54, 1.807) is 13.0 Å². The molecule has 1 fully saturated rings. The molecule has 0 amide bonds. The zero-order valence-corrected chi connectivity index (χ0v) is 12.4. The topological polar surface area (TPSA) is 85.7 Å². The van der Waals surface area contributed by atoms with Gasteiger partial charge in [-0.2, -0.15) is 5.10 Å². The monoisotopic (exact) mass is 314 g/mol. The van der Waals surface area contributed by atoms with Crippen LogP contribution < -0.4 is 5.73 Å². The number of fused-ring (bicyclic) bond motifs is 1. The minimum Gasteiger partial charge on any atom is -0.394 e. The lowest BCUT2D eigenvalue weighted by Gasteiger charge is -2.24. The lowest BCUT2D eigenvalue weighted by Crippen LogP contribution is -2.32. The van der Waals surface area contributed by atoms with Crippen LogP contribution in [-0.2, 0) is 4.74 Å². The number of anilines is 1. The summed E-state index contributed by atoms with van der Waals surface area (Å²) >= 11 is 6.15. The minimum atomic E-state index is -1.66. The Morgan fingerprint density at radius 1 is 1.62 bits per heavy atom. The van der Waals surface area contributed by atoms with Crippen molar-refractivity contribution < 1.29 is 14.2 Å². The summed E-state index contributed by atoms with van der Waals surface area (Å²) in [5.41, 5.74) is 5.00. The largest absolute Gasteiger partial charge is 0.394 e. The highest BCUT2D eigenvalue weighted by molar-refractivity contribution is 6.34. The second kappa shape index (κ2) is 4.79. The summed E-state index contributed by atoms with van der Waals surface area (Å²) in [7, 11) is 0. The number of aromatic nitrogens is 3. The smallest absolute Gasteiger partial charge is 0.152 e. The molecular weight excluding hydrogens is 299 g/mol. The molecule has 1 aliphatic rings. The average molecular weight is 315 g/mol. The van der Waals surface area contributed by atoms with Crippen molar-refractivity contribution in [2.45, 2.75) is 31.7 Å². The van der Waals surface area contributed by atoms with Gasteiger partial charge in [0.05, 0.1) is 23.4 Å². The first-order valence-electron chi connectivity index (χ1n) is 6.60. The van der Waals surface area contributed by atoms with E-state index in [1.165, 1.54) is 17.8 Å². The molecule has 0 bridgehead atoms. The number of halogens is 2. The van der Waals surface area contributed by atoms with Gasteiger partial charge < -0.3 is 15.6 Å². The predicted molar refractivity (Wildman–Crippen MR) is 75.8 cm³/mol. The molecule has 4 atom stereocenters. The Kier molecular flexibility index (Phi) is 3.31. The molecule has 0 spiro atoms. The van der Waals surface area contributed by atoms with E-state index < -0.39 is 23.8 Å². The van der Waals surface area contributed by atoms with Crippen molar-refractivity contribution in [3.05, 3.63) is 23.1 Å². The summed E-state index contributed by atoms with van der Waals surface area (Å²) in [4.78, 5) is 3.88. The lowest BCUT2D eigenvalue weighted by molar-refractivity contribution is -0.0200. The number of nitrogens with two attached hydrogens (primary N) is 1. The molecule has 114 valence electrons. The summed E-state index contributed by atoms with van der Waals surface area (Å²) in [6.45, 7) is 2.92. The first-order chi connectivity index (χ1) is 9.87. The Bertz CT molecular complexity index is 690. The van der Waals surface area contributed by atoms with E-state index in [1.807, 2.05) is 0 Å². The van der Waals surface area contributed by atoms with Crippen LogP contribution >= 0.6 is 11.6 Å². The van der Waals surface area contributed by atoms with Crippen LogP contribution in [0.1, 0.15) is 25.6 Å². The zero-order chi connectivity index (χ0) is 15.4. The molecule has 3 rings (SSSR count). The third kappa shape index (κ3) is 1.99. The predicted octanol–water partition coefficient (Wildman–Crippen LogP) is 1.76. The van der Waals surface area contributed by atoms with E-state index in [9.17, 15) is 5.11 Å². The molecule has 0 aliphatic carbocycles. The molecule has 2 aromatic heterocycles. The fourth-order valence-electron chi connectivity index (χ4n) is 2.82. The quantitative estimate of drug-likeness (QED) is 0.882. The Balaban J connectivity index is 2.15. The maximum atomic E-state index is 15.1. The Morgan fingerprint density at radius 3 is 2.95 bits per heavy atom. The number of aliphatic hydroxyl groups is 1. The summed E-state index contributed by atoms with van der Waals surface area (Å²) < 4.78 is 22.2. The van der Waals surface area contributed by atoms with Gasteiger partial charge in [-0.3, -0.25) is 0 Å². The molecule has 1 aliphatic heterocycles. The normalized spacial score (nSPS) is 32.9. The number of hydrogen-bond donors (Lipinski definition) is 2. The number of nitrogens with zero attached hydrogens (tertiary/aromatic N) is 3. The van der Waals surface area contributed by atoms with Crippen LogP contribution in [0.25, 0.3) is 5.52 Å². The number of alkyl halides is 1. The number of rotatable bonds is 2. The third-order valence-corrected chi connectivity index (χ3v) is 4.57. The van der Waals surface area contributed by atoms with Crippen molar-refractivity contribution in [2.24, 2.45) is 5.92 Å². The minimum absolute atomic E-state index is 0.214. The lowest BCUT2D eigenvalue weighted by atomic mass is 9.86. The first kappa shape index (κ1) is 14.5. The van der Waals surface area contributed by atoms with Crippen LogP contribution in [0.2, 0.25) is 5.02 Å². The second-order valence-corrected chi connectivity index (χ2v) is 5.91. The molecular formula is C13H16ClFN4O2. The van der Waals surface area contributed by atoms with Crippen molar-refractivity contribution >= 4 is 22.9 Å². The van der Waals surface area contributed by atoms with Crippen molar-refractivity contribution in [3.8, 4) is 0 Å². The van der Waals surface area contributed by atoms with Gasteiger partial charge in [0.15, 0.2) is 5.82 Å². The van der Waals surface area contributed by atoms with Crippen molar-refractivity contribution in [2.75, 3.05) is 12.3 Å². The maximum absolute atomic E-state index is 15.1. The molecule has 3 N–H and O–H groups in total. The fraction of sp³-hybridized carbons (Fsp3) is 0.538. The van der Waals surface area contributed by atoms with Crippen molar-refractivity contribution in [3.63, 3.8) is 0 Å². The second-order valence-electron chi connectivity index (χ2n) is 5.50. The Labute approximate surface area is 125 Å². The molecule has 6 nitrogen and oxygen atoms in total. The SMILES string of the molecule is C[C@@H]1[C@@H](CO)O[C@@H](c2cc(Cl)c3c(N)ncnn23)[C@]1(C)F. The van der Waals surface area contributed by atoms with E-state index in [0.717, 1.165) is 0 Å². The van der Waals surface area contributed by atoms with Crippen LogP contribution in [0, 0.1) is 5.92 Å². The molecule has 8 heteroatoms. The van der Waals surface area contributed by atoms with E-state index in [-0.39, 0.29) is 12.4 Å². The Hall–Kier alpha value is -1.44. The van der Waals surface area contributed by atoms with Crippen LogP contribution in [0.4, 0.5) is 10.2 Å².